The van der Waals surface area contributed by atoms with Crippen LogP contribution in [0, 0.1) is 5.92 Å². The molecular formula is C16H22ClNO2S. The zero-order valence-electron chi connectivity index (χ0n) is 12.4. The Kier molecular flexibility index (Phi) is 6.87. The summed E-state index contributed by atoms with van der Waals surface area (Å²) in [6, 6.07) is 7.75. The molecule has 116 valence electrons. The third kappa shape index (κ3) is 5.20. The summed E-state index contributed by atoms with van der Waals surface area (Å²) in [5.41, 5.74) is 0. The van der Waals surface area contributed by atoms with Gasteiger partial charge in [-0.05, 0) is 25.5 Å². The molecule has 0 bridgehead atoms. The lowest BCUT2D eigenvalue weighted by Gasteiger charge is -2.23. The van der Waals surface area contributed by atoms with Gasteiger partial charge in [0.15, 0.2) is 0 Å². The minimum absolute atomic E-state index is 0.226. The normalized spacial score (nSPS) is 17.9. The first-order valence-corrected chi connectivity index (χ1v) is 8.80. The van der Waals surface area contributed by atoms with Crippen molar-refractivity contribution in [3.63, 3.8) is 0 Å². The molecule has 21 heavy (non-hydrogen) atoms. The Morgan fingerprint density at radius 2 is 2.29 bits per heavy atom. The van der Waals surface area contributed by atoms with Gasteiger partial charge in [0.25, 0.3) is 0 Å². The molecule has 0 N–H and O–H groups in total. The molecule has 1 aliphatic heterocycles. The number of thioether (sulfide) groups is 1. The van der Waals surface area contributed by atoms with Gasteiger partial charge in [-0.25, -0.2) is 0 Å². The largest absolute Gasteiger partial charge is 0.381 e. The van der Waals surface area contributed by atoms with Gasteiger partial charge in [-0.15, -0.1) is 11.8 Å². The van der Waals surface area contributed by atoms with Crippen LogP contribution < -0.4 is 0 Å². The van der Waals surface area contributed by atoms with Crippen LogP contribution in [-0.2, 0) is 9.53 Å². The van der Waals surface area contributed by atoms with E-state index in [4.69, 9.17) is 16.3 Å². The first kappa shape index (κ1) is 16.7. The Labute approximate surface area is 136 Å². The molecule has 0 spiro atoms. The smallest absolute Gasteiger partial charge is 0.223 e. The third-order valence-electron chi connectivity index (χ3n) is 3.65. The standard InChI is InChI=1S/C16H22ClNO2S/c1-2-18(11-13-7-9-20-12-13)16(19)8-10-21-15-6-4-3-5-14(15)17/h3-6,13H,2,7-12H2,1H3. The van der Waals surface area contributed by atoms with Crippen LogP contribution in [-0.4, -0.2) is 42.9 Å². The van der Waals surface area contributed by atoms with Crippen molar-refractivity contribution in [3.05, 3.63) is 29.3 Å². The summed E-state index contributed by atoms with van der Waals surface area (Å²) in [6.07, 6.45) is 1.62. The second-order valence-corrected chi connectivity index (χ2v) is 6.73. The van der Waals surface area contributed by atoms with E-state index in [1.54, 1.807) is 11.8 Å². The first-order valence-electron chi connectivity index (χ1n) is 7.43. The number of amides is 1. The quantitative estimate of drug-likeness (QED) is 0.715. The van der Waals surface area contributed by atoms with Gasteiger partial charge in [0.05, 0.1) is 11.6 Å². The molecule has 1 aliphatic rings. The minimum atomic E-state index is 0.226. The summed E-state index contributed by atoms with van der Waals surface area (Å²) >= 11 is 7.75. The predicted octanol–water partition coefficient (Wildman–Crippen LogP) is 3.71. The van der Waals surface area contributed by atoms with Gasteiger partial charge in [-0.3, -0.25) is 4.79 Å². The van der Waals surface area contributed by atoms with Gasteiger partial charge in [0, 0.05) is 42.7 Å². The summed E-state index contributed by atoms with van der Waals surface area (Å²) in [4.78, 5) is 15.3. The lowest BCUT2D eigenvalue weighted by Crippen LogP contribution is -2.35. The predicted molar refractivity (Wildman–Crippen MR) is 88.0 cm³/mol. The van der Waals surface area contributed by atoms with Crippen LogP contribution in [0.1, 0.15) is 19.8 Å². The van der Waals surface area contributed by atoms with E-state index in [1.807, 2.05) is 36.1 Å². The molecule has 1 unspecified atom stereocenters. The highest BCUT2D eigenvalue weighted by molar-refractivity contribution is 7.99. The van der Waals surface area contributed by atoms with Crippen molar-refractivity contribution in [1.82, 2.24) is 4.90 Å². The fraction of sp³-hybridized carbons (Fsp3) is 0.562. The molecule has 2 rings (SSSR count). The maximum atomic E-state index is 12.3. The molecule has 1 aromatic carbocycles. The van der Waals surface area contributed by atoms with E-state index in [-0.39, 0.29) is 5.91 Å². The number of benzene rings is 1. The lowest BCUT2D eigenvalue weighted by atomic mass is 10.1. The van der Waals surface area contributed by atoms with Crippen LogP contribution in [0.3, 0.4) is 0 Å². The second-order valence-electron chi connectivity index (χ2n) is 5.19. The van der Waals surface area contributed by atoms with Crippen LogP contribution in [0.25, 0.3) is 0 Å². The molecule has 0 radical (unpaired) electrons. The molecule has 1 heterocycles. The van der Waals surface area contributed by atoms with E-state index in [2.05, 4.69) is 0 Å². The summed E-state index contributed by atoms with van der Waals surface area (Å²) in [5.74, 6) is 1.49. The topological polar surface area (TPSA) is 29.5 Å². The van der Waals surface area contributed by atoms with Crippen LogP contribution in [0.15, 0.2) is 29.2 Å². The Hall–Kier alpha value is -0.710. The van der Waals surface area contributed by atoms with Crippen molar-refractivity contribution in [2.45, 2.75) is 24.7 Å². The average Bonchev–Trinajstić information content (AvgIpc) is 2.99. The number of rotatable bonds is 7. The number of nitrogens with zero attached hydrogens (tertiary/aromatic N) is 1. The van der Waals surface area contributed by atoms with Gasteiger partial charge in [-0.2, -0.15) is 0 Å². The summed E-state index contributed by atoms with van der Waals surface area (Å²) in [7, 11) is 0. The molecule has 5 heteroatoms. The van der Waals surface area contributed by atoms with Crippen LogP contribution in [0.2, 0.25) is 5.02 Å². The van der Waals surface area contributed by atoms with Crippen molar-refractivity contribution in [3.8, 4) is 0 Å². The van der Waals surface area contributed by atoms with Crippen molar-refractivity contribution >= 4 is 29.3 Å². The number of halogens is 1. The number of carbonyl (C=O) groups excluding carboxylic acids is 1. The highest BCUT2D eigenvalue weighted by atomic mass is 35.5. The van der Waals surface area contributed by atoms with Crippen LogP contribution in [0.4, 0.5) is 0 Å². The molecule has 1 saturated heterocycles. The number of carbonyl (C=O) groups is 1. The summed E-state index contributed by atoms with van der Waals surface area (Å²) < 4.78 is 5.38. The maximum absolute atomic E-state index is 12.3. The molecule has 0 saturated carbocycles. The van der Waals surface area contributed by atoms with Crippen molar-refractivity contribution in [2.75, 3.05) is 32.1 Å². The molecule has 1 fully saturated rings. The monoisotopic (exact) mass is 327 g/mol. The summed E-state index contributed by atoms with van der Waals surface area (Å²) in [6.45, 7) is 5.25. The zero-order valence-corrected chi connectivity index (χ0v) is 14.0. The Bertz CT molecular complexity index is 463. The average molecular weight is 328 g/mol. The van der Waals surface area contributed by atoms with Crippen molar-refractivity contribution in [1.29, 1.82) is 0 Å². The van der Waals surface area contributed by atoms with Crippen molar-refractivity contribution < 1.29 is 9.53 Å². The van der Waals surface area contributed by atoms with Crippen molar-refractivity contribution in [2.24, 2.45) is 5.92 Å². The van der Waals surface area contributed by atoms with E-state index in [0.717, 1.165) is 48.4 Å². The fourth-order valence-electron chi connectivity index (χ4n) is 2.41. The molecule has 0 aromatic heterocycles. The zero-order chi connectivity index (χ0) is 15.1. The van der Waals surface area contributed by atoms with Crippen LogP contribution >= 0.6 is 23.4 Å². The number of hydrogen-bond acceptors (Lipinski definition) is 3. The van der Waals surface area contributed by atoms with Gasteiger partial charge in [-0.1, -0.05) is 23.7 Å². The highest BCUT2D eigenvalue weighted by Gasteiger charge is 2.21. The minimum Gasteiger partial charge on any atom is -0.381 e. The molecule has 1 aromatic rings. The van der Waals surface area contributed by atoms with Gasteiger partial charge < -0.3 is 9.64 Å². The third-order valence-corrected chi connectivity index (χ3v) is 5.16. The Morgan fingerprint density at radius 1 is 1.48 bits per heavy atom. The lowest BCUT2D eigenvalue weighted by molar-refractivity contribution is -0.131. The SMILES string of the molecule is CCN(CC1CCOC1)C(=O)CCSc1ccccc1Cl. The first-order chi connectivity index (χ1) is 10.2. The number of hydrogen-bond donors (Lipinski definition) is 0. The fourth-order valence-corrected chi connectivity index (χ4v) is 3.59. The Morgan fingerprint density at radius 3 is 2.95 bits per heavy atom. The van der Waals surface area contributed by atoms with Crippen LogP contribution in [0.5, 0.6) is 0 Å². The highest BCUT2D eigenvalue weighted by Crippen LogP contribution is 2.27. The van der Waals surface area contributed by atoms with Gasteiger partial charge in [0.1, 0.15) is 0 Å². The van der Waals surface area contributed by atoms with Gasteiger partial charge >= 0.3 is 0 Å². The van der Waals surface area contributed by atoms with E-state index in [0.29, 0.717) is 12.3 Å². The molecule has 1 atom stereocenters. The van der Waals surface area contributed by atoms with E-state index < -0.39 is 0 Å². The maximum Gasteiger partial charge on any atom is 0.223 e. The summed E-state index contributed by atoms with van der Waals surface area (Å²) in [5, 5.41) is 0.755. The molecule has 1 amide bonds. The second kappa shape index (κ2) is 8.66. The van der Waals surface area contributed by atoms with E-state index in [9.17, 15) is 4.79 Å². The van der Waals surface area contributed by atoms with Gasteiger partial charge in [0.2, 0.25) is 5.91 Å². The molecule has 3 nitrogen and oxygen atoms in total. The number of ether oxygens (including phenoxy) is 1. The molecule has 0 aliphatic carbocycles. The van der Waals surface area contributed by atoms with E-state index in [1.165, 1.54) is 0 Å². The Balaban J connectivity index is 1.75. The molecular weight excluding hydrogens is 306 g/mol. The van der Waals surface area contributed by atoms with E-state index >= 15 is 0 Å².